The van der Waals surface area contributed by atoms with Crippen molar-refractivity contribution in [3.63, 3.8) is 0 Å². The fourth-order valence-corrected chi connectivity index (χ4v) is 1.27. The highest BCUT2D eigenvalue weighted by Crippen LogP contribution is 2.02. The highest BCUT2D eigenvalue weighted by molar-refractivity contribution is 5.17. The standard InChI is InChI=1S/C12H18N2/c1-10(13)7-8-12(14)9-11-5-3-2-4-6-11/h2-8,10,12H,9,13-14H2,1H3/b8-7+/t10-,12+/m0/s1. The average molecular weight is 190 g/mol. The number of hydrogen-bond acceptors (Lipinski definition) is 2. The molecule has 0 aliphatic rings. The van der Waals surface area contributed by atoms with Gasteiger partial charge in [0.15, 0.2) is 0 Å². The molecule has 0 aromatic heterocycles. The summed E-state index contributed by atoms with van der Waals surface area (Å²) in [5.74, 6) is 0. The zero-order valence-electron chi connectivity index (χ0n) is 8.56. The van der Waals surface area contributed by atoms with E-state index in [4.69, 9.17) is 11.5 Å². The van der Waals surface area contributed by atoms with Crippen molar-refractivity contribution in [3.05, 3.63) is 48.0 Å². The fourth-order valence-electron chi connectivity index (χ4n) is 1.27. The molecule has 14 heavy (non-hydrogen) atoms. The summed E-state index contributed by atoms with van der Waals surface area (Å²) in [7, 11) is 0. The quantitative estimate of drug-likeness (QED) is 0.706. The lowest BCUT2D eigenvalue weighted by molar-refractivity contribution is 0.797. The summed E-state index contributed by atoms with van der Waals surface area (Å²) in [6, 6.07) is 10.4. The third-order valence-electron chi connectivity index (χ3n) is 1.98. The van der Waals surface area contributed by atoms with E-state index in [0.717, 1.165) is 6.42 Å². The number of benzene rings is 1. The summed E-state index contributed by atoms with van der Waals surface area (Å²) in [6.07, 6.45) is 4.77. The van der Waals surface area contributed by atoms with Crippen LogP contribution in [0, 0.1) is 0 Å². The van der Waals surface area contributed by atoms with Crippen LogP contribution >= 0.6 is 0 Å². The van der Waals surface area contributed by atoms with E-state index in [1.54, 1.807) is 0 Å². The molecule has 0 aliphatic carbocycles. The second-order valence-corrected chi connectivity index (χ2v) is 3.60. The van der Waals surface area contributed by atoms with Gasteiger partial charge in [0.1, 0.15) is 0 Å². The summed E-state index contributed by atoms with van der Waals surface area (Å²) in [5, 5.41) is 0. The van der Waals surface area contributed by atoms with Crippen molar-refractivity contribution in [1.29, 1.82) is 0 Å². The first kappa shape index (κ1) is 11.0. The Morgan fingerprint density at radius 3 is 2.36 bits per heavy atom. The highest BCUT2D eigenvalue weighted by atomic mass is 14.6. The molecule has 0 unspecified atom stereocenters. The van der Waals surface area contributed by atoms with Crippen molar-refractivity contribution in [2.45, 2.75) is 25.4 Å². The van der Waals surface area contributed by atoms with Crippen molar-refractivity contribution < 1.29 is 0 Å². The van der Waals surface area contributed by atoms with E-state index < -0.39 is 0 Å². The van der Waals surface area contributed by atoms with Gasteiger partial charge in [0.05, 0.1) is 0 Å². The monoisotopic (exact) mass is 190 g/mol. The Kier molecular flexibility index (Phi) is 4.36. The molecule has 0 amide bonds. The van der Waals surface area contributed by atoms with Crippen LogP contribution in [0.4, 0.5) is 0 Å². The molecule has 2 heteroatoms. The normalized spacial score (nSPS) is 15.6. The maximum absolute atomic E-state index is 5.91. The summed E-state index contributed by atoms with van der Waals surface area (Å²) < 4.78 is 0. The first-order chi connectivity index (χ1) is 6.68. The minimum absolute atomic E-state index is 0.0587. The molecule has 0 saturated heterocycles. The van der Waals surface area contributed by atoms with E-state index in [0.29, 0.717) is 0 Å². The molecule has 0 radical (unpaired) electrons. The van der Waals surface area contributed by atoms with E-state index in [-0.39, 0.29) is 12.1 Å². The second kappa shape index (κ2) is 5.58. The summed E-state index contributed by atoms with van der Waals surface area (Å²) in [4.78, 5) is 0. The first-order valence-electron chi connectivity index (χ1n) is 4.92. The van der Waals surface area contributed by atoms with E-state index >= 15 is 0 Å². The van der Waals surface area contributed by atoms with Crippen LogP contribution in [0.2, 0.25) is 0 Å². The van der Waals surface area contributed by atoms with Gasteiger partial charge in [-0.1, -0.05) is 42.5 Å². The van der Waals surface area contributed by atoms with E-state index in [9.17, 15) is 0 Å². The Balaban J connectivity index is 2.45. The smallest absolute Gasteiger partial charge is 0.0265 e. The fraction of sp³-hybridized carbons (Fsp3) is 0.333. The molecule has 0 fully saturated rings. The third kappa shape index (κ3) is 4.21. The Hall–Kier alpha value is -1.12. The molecule has 0 saturated carbocycles. The maximum Gasteiger partial charge on any atom is 0.0265 e. The van der Waals surface area contributed by atoms with Crippen LogP contribution < -0.4 is 11.5 Å². The molecule has 76 valence electrons. The van der Waals surface area contributed by atoms with Gasteiger partial charge in [0.25, 0.3) is 0 Å². The number of nitrogens with two attached hydrogens (primary N) is 2. The number of hydrogen-bond donors (Lipinski definition) is 2. The van der Waals surface area contributed by atoms with Crippen LogP contribution in [0.3, 0.4) is 0 Å². The molecule has 1 aromatic carbocycles. The Labute approximate surface area is 85.6 Å². The maximum atomic E-state index is 5.91. The highest BCUT2D eigenvalue weighted by Gasteiger charge is 1.99. The zero-order chi connectivity index (χ0) is 10.4. The molecule has 0 heterocycles. The summed E-state index contributed by atoms with van der Waals surface area (Å²) in [5.41, 5.74) is 12.8. The zero-order valence-corrected chi connectivity index (χ0v) is 8.56. The average Bonchev–Trinajstić information content (AvgIpc) is 2.16. The molecule has 2 atom stereocenters. The molecule has 0 spiro atoms. The predicted octanol–water partition coefficient (Wildman–Crippen LogP) is 1.46. The lowest BCUT2D eigenvalue weighted by Gasteiger charge is -2.06. The molecule has 1 aromatic rings. The summed E-state index contributed by atoms with van der Waals surface area (Å²) >= 11 is 0. The van der Waals surface area contributed by atoms with Gasteiger partial charge in [0, 0.05) is 12.1 Å². The van der Waals surface area contributed by atoms with E-state index in [2.05, 4.69) is 12.1 Å². The van der Waals surface area contributed by atoms with Crippen molar-refractivity contribution in [3.8, 4) is 0 Å². The Morgan fingerprint density at radius 1 is 1.14 bits per heavy atom. The van der Waals surface area contributed by atoms with Gasteiger partial charge in [-0.25, -0.2) is 0 Å². The largest absolute Gasteiger partial charge is 0.325 e. The van der Waals surface area contributed by atoms with Gasteiger partial charge in [-0.2, -0.15) is 0 Å². The van der Waals surface area contributed by atoms with Crippen molar-refractivity contribution in [1.82, 2.24) is 0 Å². The summed E-state index contributed by atoms with van der Waals surface area (Å²) in [6.45, 7) is 1.94. The SMILES string of the molecule is C[C@H](N)/C=C/[C@@H](N)Cc1ccccc1. The molecule has 4 N–H and O–H groups in total. The molecular weight excluding hydrogens is 172 g/mol. The lowest BCUT2D eigenvalue weighted by Crippen LogP contribution is -2.21. The molecule has 2 nitrogen and oxygen atoms in total. The van der Waals surface area contributed by atoms with Crippen LogP contribution in [0.15, 0.2) is 42.5 Å². The van der Waals surface area contributed by atoms with Gasteiger partial charge >= 0.3 is 0 Å². The van der Waals surface area contributed by atoms with Crippen LogP contribution in [-0.2, 0) is 6.42 Å². The van der Waals surface area contributed by atoms with Gasteiger partial charge in [-0.15, -0.1) is 0 Å². The van der Waals surface area contributed by atoms with E-state index in [1.165, 1.54) is 5.56 Å². The van der Waals surface area contributed by atoms with Crippen LogP contribution in [0.25, 0.3) is 0 Å². The predicted molar refractivity (Wildman–Crippen MR) is 60.9 cm³/mol. The lowest BCUT2D eigenvalue weighted by atomic mass is 10.1. The van der Waals surface area contributed by atoms with Gasteiger partial charge in [-0.3, -0.25) is 0 Å². The van der Waals surface area contributed by atoms with Crippen LogP contribution in [0.5, 0.6) is 0 Å². The minimum Gasteiger partial charge on any atom is -0.325 e. The van der Waals surface area contributed by atoms with Gasteiger partial charge < -0.3 is 11.5 Å². The Bertz CT molecular complexity index is 278. The van der Waals surface area contributed by atoms with Crippen molar-refractivity contribution in [2.75, 3.05) is 0 Å². The van der Waals surface area contributed by atoms with Crippen LogP contribution in [-0.4, -0.2) is 12.1 Å². The topological polar surface area (TPSA) is 52.0 Å². The Morgan fingerprint density at radius 2 is 1.79 bits per heavy atom. The van der Waals surface area contributed by atoms with Crippen LogP contribution in [0.1, 0.15) is 12.5 Å². The second-order valence-electron chi connectivity index (χ2n) is 3.60. The van der Waals surface area contributed by atoms with Crippen molar-refractivity contribution >= 4 is 0 Å². The van der Waals surface area contributed by atoms with Crippen molar-refractivity contribution in [2.24, 2.45) is 11.5 Å². The van der Waals surface area contributed by atoms with Gasteiger partial charge in [0.2, 0.25) is 0 Å². The minimum atomic E-state index is 0.0587. The molecule has 0 aliphatic heterocycles. The first-order valence-corrected chi connectivity index (χ1v) is 4.92. The molecule has 1 rings (SSSR count). The number of rotatable bonds is 4. The molecule has 0 bridgehead atoms. The third-order valence-corrected chi connectivity index (χ3v) is 1.98. The van der Waals surface area contributed by atoms with Gasteiger partial charge in [-0.05, 0) is 18.9 Å². The molecular formula is C12H18N2. The van der Waals surface area contributed by atoms with E-state index in [1.807, 2.05) is 37.3 Å².